The van der Waals surface area contributed by atoms with Gasteiger partial charge in [0, 0.05) is 6.04 Å². The van der Waals surface area contributed by atoms with Gasteiger partial charge < -0.3 is 5.32 Å². The van der Waals surface area contributed by atoms with Crippen molar-refractivity contribution in [2.45, 2.75) is 38.8 Å². The van der Waals surface area contributed by atoms with Gasteiger partial charge >= 0.3 is 0 Å². The largest absolute Gasteiger partial charge is 0.365 e. The molecule has 2 heterocycles. The van der Waals surface area contributed by atoms with Crippen LogP contribution in [0.1, 0.15) is 32.7 Å². The van der Waals surface area contributed by atoms with E-state index in [1.165, 1.54) is 12.8 Å². The van der Waals surface area contributed by atoms with Gasteiger partial charge in [0.2, 0.25) is 10.9 Å². The van der Waals surface area contributed by atoms with E-state index in [9.17, 15) is 0 Å². The zero-order valence-electron chi connectivity index (χ0n) is 9.68. The van der Waals surface area contributed by atoms with E-state index in [-0.39, 0.29) is 11.3 Å². The molecule has 0 spiro atoms. The molecule has 0 saturated heterocycles. The van der Waals surface area contributed by atoms with Gasteiger partial charge in [-0.05, 0) is 38.3 Å². The second-order valence-electron chi connectivity index (χ2n) is 4.55. The molecule has 7 heteroatoms. The standard InChI is InChI=1S/C10H13ClN6/c1-5(2)17-15-7-8(12-6-3-4-6)13-10(11)14-9(7)16-17/h5-6H,3-4H2,1-2H3,(H,12,13,14,16). The van der Waals surface area contributed by atoms with Crippen LogP contribution >= 0.6 is 11.6 Å². The van der Waals surface area contributed by atoms with E-state index in [1.807, 2.05) is 13.8 Å². The van der Waals surface area contributed by atoms with Gasteiger partial charge in [-0.3, -0.25) is 0 Å². The van der Waals surface area contributed by atoms with E-state index in [0.29, 0.717) is 23.0 Å². The van der Waals surface area contributed by atoms with E-state index in [1.54, 1.807) is 4.80 Å². The van der Waals surface area contributed by atoms with E-state index < -0.39 is 0 Å². The number of nitrogens with zero attached hydrogens (tertiary/aromatic N) is 5. The summed E-state index contributed by atoms with van der Waals surface area (Å²) in [4.78, 5) is 9.90. The molecule has 0 radical (unpaired) electrons. The van der Waals surface area contributed by atoms with Crippen molar-refractivity contribution in [1.29, 1.82) is 0 Å². The maximum Gasteiger partial charge on any atom is 0.226 e. The van der Waals surface area contributed by atoms with Gasteiger partial charge in [0.1, 0.15) is 0 Å². The molecule has 1 saturated carbocycles. The number of nitrogens with one attached hydrogen (secondary N) is 1. The summed E-state index contributed by atoms with van der Waals surface area (Å²) in [6.07, 6.45) is 2.34. The zero-order chi connectivity index (χ0) is 12.0. The van der Waals surface area contributed by atoms with Crippen molar-refractivity contribution in [1.82, 2.24) is 25.0 Å². The maximum absolute atomic E-state index is 5.88. The lowest BCUT2D eigenvalue weighted by molar-refractivity contribution is 0.471. The van der Waals surface area contributed by atoms with Gasteiger partial charge in [0.25, 0.3) is 0 Å². The Kier molecular flexibility index (Phi) is 2.39. The van der Waals surface area contributed by atoms with Crippen LogP contribution in [0.25, 0.3) is 11.2 Å². The van der Waals surface area contributed by atoms with Crippen LogP contribution < -0.4 is 5.32 Å². The monoisotopic (exact) mass is 252 g/mol. The average molecular weight is 253 g/mol. The lowest BCUT2D eigenvalue weighted by Gasteiger charge is -2.03. The summed E-state index contributed by atoms with van der Waals surface area (Å²) in [7, 11) is 0. The number of rotatable bonds is 3. The third-order valence-electron chi connectivity index (χ3n) is 2.62. The van der Waals surface area contributed by atoms with Crippen molar-refractivity contribution in [2.75, 3.05) is 5.32 Å². The summed E-state index contributed by atoms with van der Waals surface area (Å²) in [6, 6.07) is 0.685. The van der Waals surface area contributed by atoms with Gasteiger partial charge in [-0.2, -0.15) is 14.8 Å². The Bertz CT molecular complexity index is 559. The molecule has 6 nitrogen and oxygen atoms in total. The summed E-state index contributed by atoms with van der Waals surface area (Å²) >= 11 is 5.88. The van der Waals surface area contributed by atoms with Crippen LogP contribution in [-0.4, -0.2) is 31.0 Å². The first-order valence-electron chi connectivity index (χ1n) is 5.70. The molecule has 0 unspecified atom stereocenters. The minimum Gasteiger partial charge on any atom is -0.365 e. The number of anilines is 1. The number of halogens is 1. The lowest BCUT2D eigenvalue weighted by Crippen LogP contribution is -2.05. The molecule has 0 aromatic carbocycles. The molecule has 2 aromatic rings. The fraction of sp³-hybridized carbons (Fsp3) is 0.600. The lowest BCUT2D eigenvalue weighted by atomic mass is 10.4. The van der Waals surface area contributed by atoms with Crippen molar-refractivity contribution in [3.8, 4) is 0 Å². The summed E-state index contributed by atoms with van der Waals surface area (Å²) in [6.45, 7) is 4.03. The first kappa shape index (κ1) is 10.7. The Morgan fingerprint density at radius 3 is 2.71 bits per heavy atom. The Hall–Kier alpha value is -1.43. The van der Waals surface area contributed by atoms with Crippen LogP contribution in [0.3, 0.4) is 0 Å². The molecule has 1 N–H and O–H groups in total. The molecule has 0 bridgehead atoms. The second-order valence-corrected chi connectivity index (χ2v) is 4.88. The van der Waals surface area contributed by atoms with Crippen LogP contribution in [0, 0.1) is 0 Å². The van der Waals surface area contributed by atoms with Crippen LogP contribution in [0.5, 0.6) is 0 Å². The van der Waals surface area contributed by atoms with Crippen LogP contribution in [-0.2, 0) is 0 Å². The summed E-state index contributed by atoms with van der Waals surface area (Å²) < 4.78 is 0. The Morgan fingerprint density at radius 1 is 1.29 bits per heavy atom. The molecule has 0 aliphatic heterocycles. The number of fused-ring (bicyclic) bond motifs is 1. The molecule has 0 atom stereocenters. The Balaban J connectivity index is 2.11. The molecule has 1 fully saturated rings. The predicted molar refractivity (Wildman–Crippen MR) is 65.2 cm³/mol. The number of hydrogen-bond acceptors (Lipinski definition) is 5. The van der Waals surface area contributed by atoms with Gasteiger partial charge in [0.15, 0.2) is 11.3 Å². The van der Waals surface area contributed by atoms with Crippen molar-refractivity contribution >= 4 is 28.6 Å². The van der Waals surface area contributed by atoms with Crippen LogP contribution in [0.4, 0.5) is 5.82 Å². The van der Waals surface area contributed by atoms with Gasteiger partial charge in [-0.1, -0.05) is 0 Å². The first-order valence-corrected chi connectivity index (χ1v) is 6.08. The quantitative estimate of drug-likeness (QED) is 0.847. The molecule has 3 rings (SSSR count). The minimum atomic E-state index is 0.191. The summed E-state index contributed by atoms with van der Waals surface area (Å²) in [5, 5.41) is 12.2. The summed E-state index contributed by atoms with van der Waals surface area (Å²) in [5.74, 6) is 0.689. The van der Waals surface area contributed by atoms with E-state index >= 15 is 0 Å². The Labute approximate surface area is 103 Å². The highest BCUT2D eigenvalue weighted by molar-refractivity contribution is 6.28. The molecule has 1 aliphatic carbocycles. The molecule has 0 amide bonds. The molecule has 17 heavy (non-hydrogen) atoms. The number of aromatic nitrogens is 5. The highest BCUT2D eigenvalue weighted by atomic mass is 35.5. The van der Waals surface area contributed by atoms with Crippen molar-refractivity contribution in [3.63, 3.8) is 0 Å². The molecular formula is C10H13ClN6. The molecule has 90 valence electrons. The normalized spacial score (nSPS) is 15.8. The third-order valence-corrected chi connectivity index (χ3v) is 2.79. The van der Waals surface area contributed by atoms with E-state index in [2.05, 4.69) is 25.5 Å². The smallest absolute Gasteiger partial charge is 0.226 e. The third kappa shape index (κ3) is 2.04. The fourth-order valence-corrected chi connectivity index (χ4v) is 1.72. The second kappa shape index (κ2) is 3.80. The minimum absolute atomic E-state index is 0.191. The van der Waals surface area contributed by atoms with Crippen LogP contribution in [0.15, 0.2) is 0 Å². The summed E-state index contributed by atoms with van der Waals surface area (Å²) in [5.41, 5.74) is 1.23. The van der Waals surface area contributed by atoms with Gasteiger partial charge in [-0.15, -0.1) is 10.2 Å². The van der Waals surface area contributed by atoms with Crippen LogP contribution in [0.2, 0.25) is 5.28 Å². The van der Waals surface area contributed by atoms with Gasteiger partial charge in [-0.25, -0.2) is 0 Å². The highest BCUT2D eigenvalue weighted by Gasteiger charge is 2.24. The first-order chi connectivity index (χ1) is 8.13. The topological polar surface area (TPSA) is 68.5 Å². The van der Waals surface area contributed by atoms with Crippen molar-refractivity contribution in [2.24, 2.45) is 0 Å². The Morgan fingerprint density at radius 2 is 2.06 bits per heavy atom. The van der Waals surface area contributed by atoms with Crippen molar-refractivity contribution in [3.05, 3.63) is 5.28 Å². The SMILES string of the molecule is CC(C)n1nc2nc(Cl)nc(NC3CC3)c2n1. The van der Waals surface area contributed by atoms with E-state index in [0.717, 1.165) is 0 Å². The average Bonchev–Trinajstić information content (AvgIpc) is 2.94. The molecule has 2 aromatic heterocycles. The fourth-order valence-electron chi connectivity index (χ4n) is 1.55. The molecular weight excluding hydrogens is 240 g/mol. The predicted octanol–water partition coefficient (Wildman–Crippen LogP) is 2.03. The van der Waals surface area contributed by atoms with Crippen molar-refractivity contribution < 1.29 is 0 Å². The zero-order valence-corrected chi connectivity index (χ0v) is 10.4. The molecule has 1 aliphatic rings. The maximum atomic E-state index is 5.88. The van der Waals surface area contributed by atoms with Gasteiger partial charge in [0.05, 0.1) is 6.04 Å². The highest BCUT2D eigenvalue weighted by Crippen LogP contribution is 2.27. The number of hydrogen-bond donors (Lipinski definition) is 1. The van der Waals surface area contributed by atoms with E-state index in [4.69, 9.17) is 11.6 Å².